The second-order valence-corrected chi connectivity index (χ2v) is 6.20. The number of aliphatic hydroxyl groups excluding tert-OH is 1. The Bertz CT molecular complexity index is 542. The van der Waals surface area contributed by atoms with E-state index in [4.69, 9.17) is 4.74 Å². The smallest absolute Gasteiger partial charge is 0.410 e. The fourth-order valence-electron chi connectivity index (χ4n) is 2.40. The highest BCUT2D eigenvalue weighted by Crippen LogP contribution is 2.35. The van der Waals surface area contributed by atoms with Gasteiger partial charge < -0.3 is 9.84 Å². The first kappa shape index (κ1) is 15.7. The molecule has 116 valence electrons. The summed E-state index contributed by atoms with van der Waals surface area (Å²) in [4.78, 5) is 13.4. The molecule has 0 aliphatic carbocycles. The molecule has 1 heterocycles. The number of halogens is 2. The number of ether oxygens (including phenoxy) is 1. The van der Waals surface area contributed by atoms with Crippen LogP contribution in [0, 0.1) is 11.6 Å². The number of likely N-dealkylation sites (tertiary alicyclic amines) is 1. The van der Waals surface area contributed by atoms with Crippen molar-refractivity contribution in [3.05, 3.63) is 35.4 Å². The van der Waals surface area contributed by atoms with Crippen molar-refractivity contribution in [2.75, 3.05) is 6.54 Å². The molecule has 0 bridgehead atoms. The summed E-state index contributed by atoms with van der Waals surface area (Å²) in [5.74, 6) is -1.19. The van der Waals surface area contributed by atoms with Crippen molar-refractivity contribution in [3.63, 3.8) is 0 Å². The van der Waals surface area contributed by atoms with Crippen molar-refractivity contribution in [2.45, 2.75) is 44.9 Å². The number of carbonyl (C=O) groups is 1. The first-order valence-electron chi connectivity index (χ1n) is 6.80. The van der Waals surface area contributed by atoms with Crippen LogP contribution in [-0.2, 0) is 4.74 Å². The van der Waals surface area contributed by atoms with Gasteiger partial charge in [0, 0.05) is 5.56 Å². The molecule has 0 saturated carbocycles. The van der Waals surface area contributed by atoms with Crippen LogP contribution in [0.3, 0.4) is 0 Å². The topological polar surface area (TPSA) is 49.8 Å². The number of amides is 1. The van der Waals surface area contributed by atoms with E-state index in [1.165, 1.54) is 4.90 Å². The maximum absolute atomic E-state index is 13.9. The molecular formula is C15H19F2NO3. The normalized spacial score (nSPS) is 22.5. The van der Waals surface area contributed by atoms with Crippen LogP contribution in [0.1, 0.15) is 38.8 Å². The van der Waals surface area contributed by atoms with Crippen LogP contribution in [0.5, 0.6) is 0 Å². The van der Waals surface area contributed by atoms with E-state index in [9.17, 15) is 18.7 Å². The number of β-amino-alcohol motifs (C(OH)–C–C–N with tert-alkyl or cyclic N) is 1. The van der Waals surface area contributed by atoms with Crippen LogP contribution < -0.4 is 0 Å². The van der Waals surface area contributed by atoms with Crippen LogP contribution in [0.25, 0.3) is 0 Å². The maximum Gasteiger partial charge on any atom is 0.410 e. The van der Waals surface area contributed by atoms with E-state index in [0.29, 0.717) is 0 Å². The van der Waals surface area contributed by atoms with Gasteiger partial charge in [0.15, 0.2) is 0 Å². The predicted octanol–water partition coefficient (Wildman–Crippen LogP) is 3.01. The average Bonchev–Trinajstić information content (AvgIpc) is 2.72. The summed E-state index contributed by atoms with van der Waals surface area (Å²) in [6, 6.07) is 2.35. The lowest BCUT2D eigenvalue weighted by Gasteiger charge is -2.28. The largest absolute Gasteiger partial charge is 0.444 e. The Kier molecular flexibility index (Phi) is 4.18. The molecule has 1 saturated heterocycles. The lowest BCUT2D eigenvalue weighted by atomic mass is 10.0. The molecule has 1 aliphatic rings. The molecule has 1 aromatic carbocycles. The molecule has 4 nitrogen and oxygen atoms in total. The summed E-state index contributed by atoms with van der Waals surface area (Å²) in [6.45, 7) is 5.19. The Morgan fingerprint density at radius 3 is 2.67 bits per heavy atom. The molecule has 0 radical (unpaired) electrons. The lowest BCUT2D eigenvalue weighted by Crippen LogP contribution is -2.37. The van der Waals surface area contributed by atoms with E-state index in [-0.39, 0.29) is 18.5 Å². The van der Waals surface area contributed by atoms with Gasteiger partial charge in [-0.3, -0.25) is 4.90 Å². The molecule has 0 unspecified atom stereocenters. The number of aliphatic hydroxyl groups is 1. The van der Waals surface area contributed by atoms with Crippen LogP contribution >= 0.6 is 0 Å². The third kappa shape index (κ3) is 3.69. The van der Waals surface area contributed by atoms with E-state index < -0.39 is 35.5 Å². The summed E-state index contributed by atoms with van der Waals surface area (Å²) in [5, 5.41) is 9.77. The second kappa shape index (κ2) is 5.60. The lowest BCUT2D eigenvalue weighted by molar-refractivity contribution is 0.0204. The zero-order chi connectivity index (χ0) is 15.8. The molecule has 0 spiro atoms. The second-order valence-electron chi connectivity index (χ2n) is 6.20. The zero-order valence-corrected chi connectivity index (χ0v) is 12.3. The minimum absolute atomic E-state index is 0.0372. The van der Waals surface area contributed by atoms with Gasteiger partial charge in [0.05, 0.1) is 18.7 Å². The van der Waals surface area contributed by atoms with Crippen LogP contribution in [0.2, 0.25) is 0 Å². The first-order chi connectivity index (χ1) is 9.67. The summed E-state index contributed by atoms with van der Waals surface area (Å²) in [6.07, 6.45) is -1.28. The average molecular weight is 299 g/mol. The van der Waals surface area contributed by atoms with Crippen LogP contribution in [0.4, 0.5) is 13.6 Å². The minimum Gasteiger partial charge on any atom is -0.444 e. The first-order valence-corrected chi connectivity index (χ1v) is 6.80. The Morgan fingerprint density at radius 1 is 1.38 bits per heavy atom. The molecule has 0 aromatic heterocycles. The minimum atomic E-state index is -0.787. The van der Waals surface area contributed by atoms with Crippen molar-refractivity contribution in [1.29, 1.82) is 0 Å². The van der Waals surface area contributed by atoms with E-state index in [0.717, 1.165) is 18.2 Å². The summed E-state index contributed by atoms with van der Waals surface area (Å²) < 4.78 is 32.5. The number of nitrogens with zero attached hydrogens (tertiary/aromatic N) is 1. The number of hydrogen-bond donors (Lipinski definition) is 1. The van der Waals surface area contributed by atoms with Gasteiger partial charge >= 0.3 is 6.09 Å². The number of hydrogen-bond acceptors (Lipinski definition) is 3. The van der Waals surface area contributed by atoms with Crippen molar-refractivity contribution in [2.24, 2.45) is 0 Å². The SMILES string of the molecule is CC(C)(C)OC(=O)N1C[C@H](O)C[C@H]1c1cc(F)ccc1F. The standard InChI is InChI=1S/C15H19F2NO3/c1-15(2,3)21-14(20)18-8-10(19)7-13(18)11-6-9(16)4-5-12(11)17/h4-6,10,13,19H,7-8H2,1-3H3/t10-,13+/m1/s1. The predicted molar refractivity (Wildman–Crippen MR) is 72.7 cm³/mol. The summed E-state index contributed by atoms with van der Waals surface area (Å²) >= 11 is 0. The van der Waals surface area contributed by atoms with E-state index in [2.05, 4.69) is 0 Å². The van der Waals surface area contributed by atoms with Gasteiger partial charge in [0.1, 0.15) is 17.2 Å². The Hall–Kier alpha value is -1.69. The molecule has 6 heteroatoms. The Balaban J connectivity index is 2.28. The molecule has 1 aliphatic heterocycles. The van der Waals surface area contributed by atoms with E-state index in [1.807, 2.05) is 0 Å². The van der Waals surface area contributed by atoms with Crippen molar-refractivity contribution in [1.82, 2.24) is 4.90 Å². The van der Waals surface area contributed by atoms with Crippen molar-refractivity contribution < 1.29 is 23.4 Å². The van der Waals surface area contributed by atoms with Gasteiger partial charge in [-0.15, -0.1) is 0 Å². The number of benzene rings is 1. The van der Waals surface area contributed by atoms with Gasteiger partial charge in [-0.2, -0.15) is 0 Å². The number of rotatable bonds is 1. The van der Waals surface area contributed by atoms with Gasteiger partial charge in [-0.25, -0.2) is 13.6 Å². The highest BCUT2D eigenvalue weighted by atomic mass is 19.1. The van der Waals surface area contributed by atoms with Gasteiger partial charge in [-0.05, 0) is 45.4 Å². The van der Waals surface area contributed by atoms with Crippen molar-refractivity contribution in [3.8, 4) is 0 Å². The van der Waals surface area contributed by atoms with Crippen LogP contribution in [0.15, 0.2) is 18.2 Å². The Labute approximate surface area is 122 Å². The van der Waals surface area contributed by atoms with E-state index >= 15 is 0 Å². The summed E-state index contributed by atoms with van der Waals surface area (Å²) in [7, 11) is 0. The monoisotopic (exact) mass is 299 g/mol. The van der Waals surface area contributed by atoms with E-state index in [1.54, 1.807) is 20.8 Å². The van der Waals surface area contributed by atoms with Gasteiger partial charge in [0.2, 0.25) is 0 Å². The molecule has 1 amide bonds. The van der Waals surface area contributed by atoms with Crippen LogP contribution in [-0.4, -0.2) is 34.3 Å². The third-order valence-corrected chi connectivity index (χ3v) is 3.22. The zero-order valence-electron chi connectivity index (χ0n) is 12.3. The highest BCUT2D eigenvalue weighted by molar-refractivity contribution is 5.69. The Morgan fingerprint density at radius 2 is 2.05 bits per heavy atom. The molecular weight excluding hydrogens is 280 g/mol. The third-order valence-electron chi connectivity index (χ3n) is 3.22. The highest BCUT2D eigenvalue weighted by Gasteiger charge is 2.38. The molecule has 1 N–H and O–H groups in total. The molecule has 1 aromatic rings. The molecule has 1 fully saturated rings. The molecule has 21 heavy (non-hydrogen) atoms. The van der Waals surface area contributed by atoms with Gasteiger partial charge in [0.25, 0.3) is 0 Å². The molecule has 2 rings (SSSR count). The fourth-order valence-corrected chi connectivity index (χ4v) is 2.40. The number of carbonyl (C=O) groups excluding carboxylic acids is 1. The van der Waals surface area contributed by atoms with Gasteiger partial charge in [-0.1, -0.05) is 0 Å². The molecule has 2 atom stereocenters. The van der Waals surface area contributed by atoms with Crippen molar-refractivity contribution >= 4 is 6.09 Å². The summed E-state index contributed by atoms with van der Waals surface area (Å²) in [5.41, 5.74) is -0.646. The fraction of sp³-hybridized carbons (Fsp3) is 0.533. The quantitative estimate of drug-likeness (QED) is 0.867. The maximum atomic E-state index is 13.9.